The second-order valence-electron chi connectivity index (χ2n) is 9.90. The molecule has 3 nitrogen and oxygen atoms in total. The Bertz CT molecular complexity index is 473. The van der Waals surface area contributed by atoms with Crippen LogP contribution in [0.4, 0.5) is 0 Å². The van der Waals surface area contributed by atoms with Crippen molar-refractivity contribution in [1.29, 1.82) is 0 Å². The summed E-state index contributed by atoms with van der Waals surface area (Å²) in [6, 6.07) is 0.840. The smallest absolute Gasteiger partial charge is 0.226 e. The molecule has 6 aliphatic rings. The second kappa shape index (κ2) is 6.74. The van der Waals surface area contributed by atoms with Gasteiger partial charge in [-0.1, -0.05) is 0 Å². The largest absolute Gasteiger partial charge is 0.355 e. The number of likely N-dealkylation sites (tertiary alicyclic amines) is 1. The third-order valence-corrected chi connectivity index (χ3v) is 9.29. The van der Waals surface area contributed by atoms with Gasteiger partial charge >= 0.3 is 0 Å². The molecule has 0 aromatic heterocycles. The molecule has 0 unspecified atom stereocenters. The lowest BCUT2D eigenvalue weighted by atomic mass is 9.49. The maximum Gasteiger partial charge on any atom is 0.226 e. The van der Waals surface area contributed by atoms with Crippen LogP contribution < -0.4 is 5.32 Å². The predicted octanol–water partition coefficient (Wildman–Crippen LogP) is 3.54. The molecule has 4 heteroatoms. The number of carbonyl (C=O) groups is 1. The molecule has 6 fully saturated rings. The molecule has 0 aromatic rings. The molecule has 140 valence electrons. The van der Waals surface area contributed by atoms with E-state index in [0.29, 0.717) is 11.8 Å². The number of nitrogens with zero attached hydrogens (tertiary/aromatic N) is 1. The molecule has 6 rings (SSSR count). The van der Waals surface area contributed by atoms with Crippen LogP contribution in [-0.2, 0) is 4.79 Å². The van der Waals surface area contributed by atoms with E-state index in [0.717, 1.165) is 30.3 Å². The Hall–Kier alpha value is -0.220. The van der Waals surface area contributed by atoms with Gasteiger partial charge in [0.25, 0.3) is 0 Å². The van der Waals surface area contributed by atoms with Crippen molar-refractivity contribution < 1.29 is 4.79 Å². The van der Waals surface area contributed by atoms with Gasteiger partial charge in [0.2, 0.25) is 5.91 Å². The van der Waals surface area contributed by atoms with Crippen molar-refractivity contribution in [2.45, 2.75) is 63.8 Å². The second-order valence-corrected chi connectivity index (χ2v) is 11.1. The maximum atomic E-state index is 13.1. The lowest BCUT2D eigenvalue weighted by molar-refractivity contribution is -0.146. The summed E-state index contributed by atoms with van der Waals surface area (Å²) in [6.45, 7) is 3.44. The van der Waals surface area contributed by atoms with Crippen LogP contribution >= 0.6 is 11.8 Å². The zero-order valence-corrected chi connectivity index (χ0v) is 16.4. The Morgan fingerprint density at radius 3 is 2.20 bits per heavy atom. The van der Waals surface area contributed by atoms with Gasteiger partial charge in [-0.3, -0.25) is 9.69 Å². The van der Waals surface area contributed by atoms with Gasteiger partial charge in [-0.25, -0.2) is 0 Å². The molecule has 2 aliphatic heterocycles. The average Bonchev–Trinajstić information content (AvgIpc) is 3.13. The SMILES string of the molecule is O=C(NCC1CCN([C@@H]2CCSC2)CC1)C12CC3CC(CC(C3)C1)C2. The zero-order chi connectivity index (χ0) is 16.9. The highest BCUT2D eigenvalue weighted by molar-refractivity contribution is 7.99. The van der Waals surface area contributed by atoms with Crippen molar-refractivity contribution in [3.8, 4) is 0 Å². The minimum absolute atomic E-state index is 0.0382. The quantitative estimate of drug-likeness (QED) is 0.830. The highest BCUT2D eigenvalue weighted by Crippen LogP contribution is 2.60. The summed E-state index contributed by atoms with van der Waals surface area (Å²) in [4.78, 5) is 15.8. The van der Waals surface area contributed by atoms with Gasteiger partial charge in [-0.15, -0.1) is 0 Å². The van der Waals surface area contributed by atoms with E-state index >= 15 is 0 Å². The van der Waals surface area contributed by atoms with E-state index in [2.05, 4.69) is 22.0 Å². The summed E-state index contributed by atoms with van der Waals surface area (Å²) in [5, 5.41) is 3.43. The Morgan fingerprint density at radius 2 is 1.64 bits per heavy atom. The molecule has 2 heterocycles. The Labute approximate surface area is 157 Å². The van der Waals surface area contributed by atoms with E-state index in [1.165, 1.54) is 82.4 Å². The Kier molecular flexibility index (Phi) is 4.56. The molecule has 25 heavy (non-hydrogen) atoms. The lowest BCUT2D eigenvalue weighted by Crippen LogP contribution is -2.54. The van der Waals surface area contributed by atoms with E-state index in [1.54, 1.807) is 0 Å². The fourth-order valence-electron chi connectivity index (χ4n) is 7.15. The molecule has 0 spiro atoms. The highest BCUT2D eigenvalue weighted by Gasteiger charge is 2.54. The Balaban J connectivity index is 1.12. The number of thioether (sulfide) groups is 1. The molecule has 1 amide bonds. The number of amides is 1. The normalized spacial score (nSPS) is 44.3. The Morgan fingerprint density at radius 1 is 1.00 bits per heavy atom. The number of hydrogen-bond donors (Lipinski definition) is 1. The van der Waals surface area contributed by atoms with E-state index in [-0.39, 0.29) is 5.41 Å². The van der Waals surface area contributed by atoms with Crippen molar-refractivity contribution in [2.24, 2.45) is 29.1 Å². The van der Waals surface area contributed by atoms with E-state index in [1.807, 2.05) is 0 Å². The van der Waals surface area contributed by atoms with Gasteiger partial charge in [0.1, 0.15) is 0 Å². The van der Waals surface area contributed by atoms with Crippen LogP contribution in [0.25, 0.3) is 0 Å². The highest BCUT2D eigenvalue weighted by atomic mass is 32.2. The molecular weight excluding hydrogens is 328 g/mol. The van der Waals surface area contributed by atoms with E-state index < -0.39 is 0 Å². The third kappa shape index (κ3) is 3.26. The van der Waals surface area contributed by atoms with Gasteiger partial charge in [-0.05, 0) is 100 Å². The first-order valence-corrected chi connectivity index (χ1v) is 12.0. The summed E-state index contributed by atoms with van der Waals surface area (Å²) in [5.41, 5.74) is 0.0382. The predicted molar refractivity (Wildman–Crippen MR) is 104 cm³/mol. The van der Waals surface area contributed by atoms with Crippen LogP contribution in [0.2, 0.25) is 0 Å². The summed E-state index contributed by atoms with van der Waals surface area (Å²) in [7, 11) is 0. The molecule has 4 aliphatic carbocycles. The number of hydrogen-bond acceptors (Lipinski definition) is 3. The van der Waals surface area contributed by atoms with Crippen molar-refractivity contribution in [3.63, 3.8) is 0 Å². The number of nitrogens with one attached hydrogen (secondary N) is 1. The number of rotatable bonds is 4. The van der Waals surface area contributed by atoms with Gasteiger partial charge in [-0.2, -0.15) is 11.8 Å². The number of piperidine rings is 1. The van der Waals surface area contributed by atoms with Gasteiger partial charge in [0.15, 0.2) is 0 Å². The molecule has 1 atom stereocenters. The van der Waals surface area contributed by atoms with Crippen LogP contribution in [0.3, 0.4) is 0 Å². The van der Waals surface area contributed by atoms with Crippen LogP contribution in [0.1, 0.15) is 57.8 Å². The third-order valence-electron chi connectivity index (χ3n) is 8.14. The first-order valence-electron chi connectivity index (χ1n) is 10.8. The molecule has 0 aromatic carbocycles. The van der Waals surface area contributed by atoms with Crippen molar-refractivity contribution in [3.05, 3.63) is 0 Å². The minimum Gasteiger partial charge on any atom is -0.355 e. The summed E-state index contributed by atoms with van der Waals surface area (Å²) >= 11 is 2.12. The first kappa shape index (κ1) is 16.9. The minimum atomic E-state index is 0.0382. The summed E-state index contributed by atoms with van der Waals surface area (Å²) < 4.78 is 0. The monoisotopic (exact) mass is 362 g/mol. The van der Waals surface area contributed by atoms with Crippen LogP contribution in [0.5, 0.6) is 0 Å². The average molecular weight is 363 g/mol. The number of carbonyl (C=O) groups excluding carboxylic acids is 1. The van der Waals surface area contributed by atoms with Crippen LogP contribution in [0.15, 0.2) is 0 Å². The van der Waals surface area contributed by atoms with Crippen LogP contribution in [-0.4, -0.2) is 48.0 Å². The maximum absolute atomic E-state index is 13.1. The topological polar surface area (TPSA) is 32.3 Å². The first-order chi connectivity index (χ1) is 12.2. The molecule has 4 bridgehead atoms. The van der Waals surface area contributed by atoms with Gasteiger partial charge < -0.3 is 5.32 Å². The molecule has 0 radical (unpaired) electrons. The van der Waals surface area contributed by atoms with E-state index in [4.69, 9.17) is 0 Å². The fourth-order valence-corrected chi connectivity index (χ4v) is 8.40. The molecule has 4 saturated carbocycles. The van der Waals surface area contributed by atoms with Crippen molar-refractivity contribution in [1.82, 2.24) is 10.2 Å². The molecule has 1 N–H and O–H groups in total. The summed E-state index contributed by atoms with van der Waals surface area (Å²) in [6.07, 6.45) is 11.8. The molecule has 2 saturated heterocycles. The van der Waals surface area contributed by atoms with Crippen LogP contribution in [0, 0.1) is 29.1 Å². The zero-order valence-electron chi connectivity index (χ0n) is 15.5. The summed E-state index contributed by atoms with van der Waals surface area (Å²) in [5.74, 6) is 6.43. The molecular formula is C21H34N2OS. The van der Waals surface area contributed by atoms with Crippen molar-refractivity contribution >= 4 is 17.7 Å². The van der Waals surface area contributed by atoms with Gasteiger partial charge in [0.05, 0.1) is 0 Å². The van der Waals surface area contributed by atoms with E-state index in [9.17, 15) is 4.79 Å². The van der Waals surface area contributed by atoms with Gasteiger partial charge in [0, 0.05) is 23.8 Å². The standard InChI is InChI=1S/C21H34N2OS/c24-20(21-10-16-7-17(11-21)9-18(8-16)12-21)22-13-15-1-4-23(5-2-15)19-3-6-25-14-19/h15-19H,1-14H2,(H,22,24)/t16?,17?,18?,19-,21?/m1/s1. The lowest BCUT2D eigenvalue weighted by Gasteiger charge is -2.55. The van der Waals surface area contributed by atoms with Crippen molar-refractivity contribution in [2.75, 3.05) is 31.1 Å². The fraction of sp³-hybridized carbons (Fsp3) is 0.952.